The molecule has 1 aromatic heterocycles. The van der Waals surface area contributed by atoms with E-state index in [9.17, 15) is 13.2 Å². The molecule has 1 rings (SSSR count). The fourth-order valence-electron chi connectivity index (χ4n) is 1.15. The fourth-order valence-corrected chi connectivity index (χ4v) is 1.63. The first kappa shape index (κ1) is 13.3. The van der Waals surface area contributed by atoms with Gasteiger partial charge in [-0.1, -0.05) is 6.07 Å². The Hall–Kier alpha value is -0.750. The van der Waals surface area contributed by atoms with Crippen molar-refractivity contribution in [3.63, 3.8) is 0 Å². The molecule has 2 nitrogen and oxygen atoms in total. The lowest BCUT2D eigenvalue weighted by Crippen LogP contribution is -2.19. The van der Waals surface area contributed by atoms with Gasteiger partial charge in [-0.05, 0) is 30.3 Å². The summed E-state index contributed by atoms with van der Waals surface area (Å²) in [6.07, 6.45) is 1.68. The van der Waals surface area contributed by atoms with Crippen molar-refractivity contribution in [1.82, 2.24) is 10.3 Å². The molecule has 1 aromatic rings. The Bertz CT molecular complexity index is 328. The van der Waals surface area contributed by atoms with Gasteiger partial charge < -0.3 is 5.32 Å². The topological polar surface area (TPSA) is 24.9 Å². The second kappa shape index (κ2) is 6.10. The molecule has 0 bridgehead atoms. The third-order valence-electron chi connectivity index (χ3n) is 1.95. The summed E-state index contributed by atoms with van der Waals surface area (Å²) in [6.45, 7) is 2.75. The molecule has 0 atom stereocenters. The lowest BCUT2D eigenvalue weighted by molar-refractivity contribution is -0.0327. The van der Waals surface area contributed by atoms with Crippen molar-refractivity contribution < 1.29 is 13.2 Å². The van der Waals surface area contributed by atoms with Gasteiger partial charge in [0.25, 0.3) is 0 Å². The zero-order valence-corrected chi connectivity index (χ0v) is 9.66. The van der Waals surface area contributed by atoms with Crippen LogP contribution in [0.25, 0.3) is 0 Å². The Balaban J connectivity index is 2.19. The van der Waals surface area contributed by atoms with Crippen LogP contribution in [0.5, 0.6) is 0 Å². The van der Waals surface area contributed by atoms with Crippen molar-refractivity contribution in [2.24, 2.45) is 0 Å². The normalized spacial score (nSPS) is 11.8. The van der Waals surface area contributed by atoms with Crippen molar-refractivity contribution in [2.45, 2.75) is 19.0 Å². The molecule has 0 aliphatic heterocycles. The van der Waals surface area contributed by atoms with Crippen molar-refractivity contribution in [3.05, 3.63) is 29.6 Å². The Labute approximate surface area is 96.6 Å². The number of halogens is 3. The molecule has 0 aromatic carbocycles. The summed E-state index contributed by atoms with van der Waals surface area (Å²) < 4.78 is 35.4. The molecule has 0 fully saturated rings. The van der Waals surface area contributed by atoms with E-state index < -0.39 is 5.51 Å². The number of hydrogen-bond donors (Lipinski definition) is 1. The fraction of sp³-hybridized carbons (Fsp3) is 0.500. The molecule has 6 heteroatoms. The first-order chi connectivity index (χ1) is 7.49. The van der Waals surface area contributed by atoms with Gasteiger partial charge in [0.1, 0.15) is 0 Å². The van der Waals surface area contributed by atoms with E-state index >= 15 is 0 Å². The molecule has 0 aliphatic rings. The number of thioether (sulfide) groups is 1. The maximum atomic E-state index is 11.8. The van der Waals surface area contributed by atoms with E-state index in [-0.39, 0.29) is 17.5 Å². The monoisotopic (exact) mass is 250 g/mol. The van der Waals surface area contributed by atoms with Crippen LogP contribution in [-0.4, -0.2) is 22.8 Å². The smallest absolute Gasteiger partial charge is 0.310 e. The van der Waals surface area contributed by atoms with Crippen molar-refractivity contribution in [1.29, 1.82) is 0 Å². The van der Waals surface area contributed by atoms with Crippen LogP contribution >= 0.6 is 11.8 Å². The molecule has 0 aliphatic carbocycles. The molecule has 1 N–H and O–H groups in total. The second-order valence-electron chi connectivity index (χ2n) is 3.24. The number of aromatic nitrogens is 1. The molecule has 0 unspecified atom stereocenters. The first-order valence-electron chi connectivity index (χ1n) is 4.81. The minimum Gasteiger partial charge on any atom is -0.310 e. The van der Waals surface area contributed by atoms with E-state index in [1.54, 1.807) is 6.20 Å². The highest BCUT2D eigenvalue weighted by Crippen LogP contribution is 2.29. The summed E-state index contributed by atoms with van der Waals surface area (Å²) >= 11 is -0.0100. The van der Waals surface area contributed by atoms with Crippen LogP contribution in [0, 0.1) is 6.92 Å². The van der Waals surface area contributed by atoms with Gasteiger partial charge in [-0.3, -0.25) is 4.98 Å². The largest absolute Gasteiger partial charge is 0.441 e. The number of aryl methyl sites for hydroxylation is 1. The van der Waals surface area contributed by atoms with Gasteiger partial charge in [0.2, 0.25) is 0 Å². The number of alkyl halides is 3. The van der Waals surface area contributed by atoms with Crippen LogP contribution in [0.1, 0.15) is 11.3 Å². The van der Waals surface area contributed by atoms with Crippen LogP contribution in [0.3, 0.4) is 0 Å². The highest BCUT2D eigenvalue weighted by molar-refractivity contribution is 8.00. The zero-order valence-electron chi connectivity index (χ0n) is 8.84. The lowest BCUT2D eigenvalue weighted by atomic mass is 10.2. The molecule has 0 saturated heterocycles. The third-order valence-corrected chi connectivity index (χ3v) is 2.69. The minimum atomic E-state index is -4.14. The van der Waals surface area contributed by atoms with Crippen LogP contribution in [0.2, 0.25) is 0 Å². The Morgan fingerprint density at radius 1 is 1.44 bits per heavy atom. The lowest BCUT2D eigenvalue weighted by Gasteiger charge is -2.07. The molecular formula is C10H13F3N2S. The number of hydrogen-bond acceptors (Lipinski definition) is 3. The van der Waals surface area contributed by atoms with E-state index in [0.29, 0.717) is 13.1 Å². The summed E-state index contributed by atoms with van der Waals surface area (Å²) in [6, 6.07) is 3.76. The molecule has 0 amide bonds. The van der Waals surface area contributed by atoms with Gasteiger partial charge in [0.05, 0.1) is 5.69 Å². The van der Waals surface area contributed by atoms with Gasteiger partial charge >= 0.3 is 5.51 Å². The Morgan fingerprint density at radius 2 is 2.19 bits per heavy atom. The average Bonchev–Trinajstić information content (AvgIpc) is 2.18. The average molecular weight is 250 g/mol. The first-order valence-corrected chi connectivity index (χ1v) is 5.79. The minimum absolute atomic E-state index is 0.0100. The van der Waals surface area contributed by atoms with E-state index in [1.165, 1.54) is 0 Å². The van der Waals surface area contributed by atoms with E-state index in [0.717, 1.165) is 11.3 Å². The van der Waals surface area contributed by atoms with E-state index in [1.807, 2.05) is 19.1 Å². The van der Waals surface area contributed by atoms with Gasteiger partial charge in [-0.2, -0.15) is 13.2 Å². The van der Waals surface area contributed by atoms with Crippen molar-refractivity contribution >= 4 is 11.8 Å². The molecule has 0 radical (unpaired) electrons. The van der Waals surface area contributed by atoms with Crippen LogP contribution < -0.4 is 5.32 Å². The summed E-state index contributed by atoms with van der Waals surface area (Å²) in [5.74, 6) is 0.0232. The number of nitrogens with one attached hydrogen (secondary N) is 1. The summed E-state index contributed by atoms with van der Waals surface area (Å²) in [5, 5.41) is 2.93. The molecule has 16 heavy (non-hydrogen) atoms. The van der Waals surface area contributed by atoms with E-state index in [2.05, 4.69) is 10.3 Å². The summed E-state index contributed by atoms with van der Waals surface area (Å²) in [7, 11) is 0. The maximum absolute atomic E-state index is 11.8. The molecule has 1 heterocycles. The highest BCUT2D eigenvalue weighted by atomic mass is 32.2. The summed E-state index contributed by atoms with van der Waals surface area (Å²) in [4.78, 5) is 4.13. The predicted octanol–water partition coefficient (Wildman–Crippen LogP) is 2.73. The van der Waals surface area contributed by atoms with Gasteiger partial charge in [-0.25, -0.2) is 0 Å². The predicted molar refractivity (Wildman–Crippen MR) is 59.2 cm³/mol. The highest BCUT2D eigenvalue weighted by Gasteiger charge is 2.27. The van der Waals surface area contributed by atoms with Gasteiger partial charge in [0.15, 0.2) is 0 Å². The van der Waals surface area contributed by atoms with Crippen LogP contribution in [0.4, 0.5) is 13.2 Å². The SMILES string of the molecule is Cc1cccnc1CNCCSC(F)(F)F. The van der Waals surface area contributed by atoms with E-state index in [4.69, 9.17) is 0 Å². The Kier molecular flexibility index (Phi) is 5.08. The molecule has 0 spiro atoms. The molecule has 90 valence electrons. The number of pyridine rings is 1. The van der Waals surface area contributed by atoms with Gasteiger partial charge in [0, 0.05) is 25.0 Å². The van der Waals surface area contributed by atoms with Gasteiger partial charge in [-0.15, -0.1) is 0 Å². The number of rotatable bonds is 5. The molecular weight excluding hydrogens is 237 g/mol. The quantitative estimate of drug-likeness (QED) is 0.813. The Morgan fingerprint density at radius 3 is 2.81 bits per heavy atom. The zero-order chi connectivity index (χ0) is 12.0. The molecule has 0 saturated carbocycles. The third kappa shape index (κ3) is 5.37. The standard InChI is InChI=1S/C10H13F3N2S/c1-8-3-2-4-15-9(8)7-14-5-6-16-10(11,12)13/h2-4,14H,5-7H2,1H3. The van der Waals surface area contributed by atoms with Crippen LogP contribution in [-0.2, 0) is 6.54 Å². The van der Waals surface area contributed by atoms with Crippen LogP contribution in [0.15, 0.2) is 18.3 Å². The number of nitrogens with zero attached hydrogens (tertiary/aromatic N) is 1. The van der Waals surface area contributed by atoms with Crippen molar-refractivity contribution in [3.8, 4) is 0 Å². The maximum Gasteiger partial charge on any atom is 0.441 e. The van der Waals surface area contributed by atoms with Crippen molar-refractivity contribution in [2.75, 3.05) is 12.3 Å². The second-order valence-corrected chi connectivity index (χ2v) is 4.40. The summed E-state index contributed by atoms with van der Waals surface area (Å²) in [5.41, 5.74) is -2.22.